The minimum absolute atomic E-state index is 0.207. The molecular formula is C14H18BrN3S. The largest absolute Gasteiger partial charge is 0.329 e. The maximum Gasteiger partial charge on any atom is 0.0795 e. The zero-order valence-corrected chi connectivity index (χ0v) is 13.5. The van der Waals surface area contributed by atoms with Gasteiger partial charge in [-0.2, -0.15) is 0 Å². The van der Waals surface area contributed by atoms with Gasteiger partial charge in [-0.05, 0) is 31.2 Å². The summed E-state index contributed by atoms with van der Waals surface area (Å²) in [7, 11) is 2.09. The smallest absolute Gasteiger partial charge is 0.0795 e. The number of rotatable bonds is 5. The first-order valence-corrected chi connectivity index (χ1v) is 7.89. The Morgan fingerprint density at radius 3 is 2.84 bits per heavy atom. The molecule has 0 amide bonds. The molecule has 0 saturated heterocycles. The first-order chi connectivity index (χ1) is 9.11. The zero-order valence-electron chi connectivity index (χ0n) is 11.1. The van der Waals surface area contributed by atoms with Gasteiger partial charge in [-0.3, -0.25) is 4.90 Å². The quantitative estimate of drug-likeness (QED) is 0.908. The second-order valence-corrected chi connectivity index (χ2v) is 6.23. The lowest BCUT2D eigenvalue weighted by atomic mass is 10.0. The van der Waals surface area contributed by atoms with Crippen LogP contribution in [0.4, 0.5) is 0 Å². The number of benzene rings is 1. The van der Waals surface area contributed by atoms with Gasteiger partial charge in [0.25, 0.3) is 0 Å². The molecule has 1 atom stereocenters. The number of thiazole rings is 1. The third-order valence-corrected chi connectivity index (χ3v) is 4.72. The van der Waals surface area contributed by atoms with Gasteiger partial charge in [-0.15, -0.1) is 11.3 Å². The van der Waals surface area contributed by atoms with Crippen molar-refractivity contribution < 1.29 is 0 Å². The van der Waals surface area contributed by atoms with E-state index in [1.807, 2.05) is 5.51 Å². The summed E-state index contributed by atoms with van der Waals surface area (Å²) in [5.74, 6) is 0. The van der Waals surface area contributed by atoms with Gasteiger partial charge in [0.15, 0.2) is 0 Å². The van der Waals surface area contributed by atoms with Gasteiger partial charge in [-0.1, -0.05) is 28.1 Å². The van der Waals surface area contributed by atoms with Crippen molar-refractivity contribution in [2.45, 2.75) is 19.5 Å². The van der Waals surface area contributed by atoms with Crippen molar-refractivity contribution >= 4 is 27.3 Å². The predicted octanol–water partition coefficient (Wildman–Crippen LogP) is 3.35. The molecule has 1 unspecified atom stereocenters. The average molecular weight is 340 g/mol. The van der Waals surface area contributed by atoms with Gasteiger partial charge < -0.3 is 5.73 Å². The highest BCUT2D eigenvalue weighted by Gasteiger charge is 2.17. The van der Waals surface area contributed by atoms with Crippen LogP contribution in [-0.2, 0) is 6.54 Å². The standard InChI is InChI=1S/C14H18BrN3S/c1-10-3-4-11(5-13(10)15)14(6-16)18(2)7-12-8-19-9-17-12/h3-5,8-9,14H,6-7,16H2,1-2H3. The van der Waals surface area contributed by atoms with Gasteiger partial charge >= 0.3 is 0 Å². The Hall–Kier alpha value is -0.750. The van der Waals surface area contributed by atoms with Crippen LogP contribution in [0, 0.1) is 6.92 Å². The number of hydrogen-bond acceptors (Lipinski definition) is 4. The first kappa shape index (κ1) is 14.7. The molecule has 0 bridgehead atoms. The van der Waals surface area contributed by atoms with E-state index in [-0.39, 0.29) is 6.04 Å². The Labute approximate surface area is 126 Å². The predicted molar refractivity (Wildman–Crippen MR) is 84.3 cm³/mol. The monoisotopic (exact) mass is 339 g/mol. The molecule has 0 radical (unpaired) electrons. The summed E-state index contributed by atoms with van der Waals surface area (Å²) in [5, 5.41) is 2.08. The third kappa shape index (κ3) is 3.63. The van der Waals surface area contributed by atoms with E-state index >= 15 is 0 Å². The van der Waals surface area contributed by atoms with E-state index in [1.165, 1.54) is 11.1 Å². The molecule has 5 heteroatoms. The van der Waals surface area contributed by atoms with Crippen molar-refractivity contribution in [1.82, 2.24) is 9.88 Å². The van der Waals surface area contributed by atoms with Crippen molar-refractivity contribution in [3.05, 3.63) is 50.4 Å². The molecule has 3 nitrogen and oxygen atoms in total. The number of aryl methyl sites for hydroxylation is 1. The lowest BCUT2D eigenvalue weighted by Gasteiger charge is -2.27. The molecular weight excluding hydrogens is 322 g/mol. The van der Waals surface area contributed by atoms with Gasteiger partial charge in [0.05, 0.1) is 11.2 Å². The zero-order chi connectivity index (χ0) is 13.8. The molecule has 0 fully saturated rings. The van der Waals surface area contributed by atoms with Crippen LogP contribution in [-0.4, -0.2) is 23.5 Å². The fraction of sp³-hybridized carbons (Fsp3) is 0.357. The second kappa shape index (κ2) is 6.61. The van der Waals surface area contributed by atoms with Crippen LogP contribution in [0.5, 0.6) is 0 Å². The van der Waals surface area contributed by atoms with Crippen LogP contribution in [0.3, 0.4) is 0 Å². The highest BCUT2D eigenvalue weighted by atomic mass is 79.9. The van der Waals surface area contributed by atoms with E-state index in [1.54, 1.807) is 11.3 Å². The number of nitrogens with two attached hydrogens (primary N) is 1. The molecule has 0 spiro atoms. The van der Waals surface area contributed by atoms with Crippen molar-refractivity contribution in [2.24, 2.45) is 5.73 Å². The van der Waals surface area contributed by atoms with Crippen LogP contribution in [0.25, 0.3) is 0 Å². The number of aromatic nitrogens is 1. The van der Waals surface area contributed by atoms with E-state index in [4.69, 9.17) is 5.73 Å². The normalized spacial score (nSPS) is 12.9. The molecule has 102 valence electrons. The van der Waals surface area contributed by atoms with Crippen molar-refractivity contribution in [1.29, 1.82) is 0 Å². The third-order valence-electron chi connectivity index (χ3n) is 3.23. The van der Waals surface area contributed by atoms with E-state index in [2.05, 4.69) is 63.4 Å². The number of nitrogens with zero attached hydrogens (tertiary/aromatic N) is 2. The summed E-state index contributed by atoms with van der Waals surface area (Å²) in [5.41, 5.74) is 11.4. The van der Waals surface area contributed by atoms with E-state index in [0.717, 1.165) is 16.7 Å². The maximum absolute atomic E-state index is 5.95. The average Bonchev–Trinajstić information content (AvgIpc) is 2.87. The Kier molecular flexibility index (Phi) is 5.10. The summed E-state index contributed by atoms with van der Waals surface area (Å²) in [6, 6.07) is 6.64. The highest BCUT2D eigenvalue weighted by Crippen LogP contribution is 2.25. The van der Waals surface area contributed by atoms with Crippen LogP contribution in [0.1, 0.15) is 22.9 Å². The Balaban J connectivity index is 2.16. The second-order valence-electron chi connectivity index (χ2n) is 4.66. The van der Waals surface area contributed by atoms with Crippen molar-refractivity contribution in [3.63, 3.8) is 0 Å². The Bertz CT molecular complexity index is 527. The Morgan fingerprint density at radius 2 is 2.26 bits per heavy atom. The van der Waals surface area contributed by atoms with Crippen LogP contribution >= 0.6 is 27.3 Å². The van der Waals surface area contributed by atoms with Gasteiger partial charge in [0.1, 0.15) is 0 Å². The molecule has 2 aromatic rings. The van der Waals surface area contributed by atoms with E-state index in [9.17, 15) is 0 Å². The summed E-state index contributed by atoms with van der Waals surface area (Å²) in [6.07, 6.45) is 0. The SMILES string of the molecule is Cc1ccc(C(CN)N(C)Cc2cscn2)cc1Br. The summed E-state index contributed by atoms with van der Waals surface area (Å²) < 4.78 is 1.13. The van der Waals surface area contributed by atoms with Crippen LogP contribution < -0.4 is 5.73 Å². The molecule has 1 heterocycles. The fourth-order valence-electron chi connectivity index (χ4n) is 2.07. The molecule has 0 aliphatic carbocycles. The molecule has 0 aliphatic heterocycles. The molecule has 2 rings (SSSR count). The van der Waals surface area contributed by atoms with Gasteiger partial charge in [0, 0.05) is 29.0 Å². The lowest BCUT2D eigenvalue weighted by Crippen LogP contribution is -2.30. The topological polar surface area (TPSA) is 42.1 Å². The number of likely N-dealkylation sites (N-methyl/N-ethyl adjacent to an activating group) is 1. The summed E-state index contributed by atoms with van der Waals surface area (Å²) >= 11 is 5.21. The minimum Gasteiger partial charge on any atom is -0.329 e. The number of halogens is 1. The van der Waals surface area contributed by atoms with Crippen molar-refractivity contribution in [3.8, 4) is 0 Å². The molecule has 1 aromatic heterocycles. The van der Waals surface area contributed by atoms with Crippen LogP contribution in [0.2, 0.25) is 0 Å². The highest BCUT2D eigenvalue weighted by molar-refractivity contribution is 9.10. The van der Waals surface area contributed by atoms with E-state index < -0.39 is 0 Å². The van der Waals surface area contributed by atoms with Crippen molar-refractivity contribution in [2.75, 3.05) is 13.6 Å². The molecule has 0 saturated carbocycles. The molecule has 19 heavy (non-hydrogen) atoms. The maximum atomic E-state index is 5.95. The number of hydrogen-bond donors (Lipinski definition) is 1. The van der Waals surface area contributed by atoms with Gasteiger partial charge in [0.2, 0.25) is 0 Å². The summed E-state index contributed by atoms with van der Waals surface area (Å²) in [4.78, 5) is 6.57. The summed E-state index contributed by atoms with van der Waals surface area (Å²) in [6.45, 7) is 3.50. The molecule has 1 aromatic carbocycles. The van der Waals surface area contributed by atoms with Crippen LogP contribution in [0.15, 0.2) is 33.6 Å². The van der Waals surface area contributed by atoms with E-state index in [0.29, 0.717) is 6.54 Å². The van der Waals surface area contributed by atoms with Gasteiger partial charge in [-0.25, -0.2) is 4.98 Å². The minimum atomic E-state index is 0.207. The lowest BCUT2D eigenvalue weighted by molar-refractivity contribution is 0.239. The molecule has 2 N–H and O–H groups in total. The Morgan fingerprint density at radius 1 is 1.47 bits per heavy atom. The first-order valence-electron chi connectivity index (χ1n) is 6.15. The fourth-order valence-corrected chi connectivity index (χ4v) is 3.01. The molecule has 0 aliphatic rings.